The van der Waals surface area contributed by atoms with E-state index in [9.17, 15) is 9.59 Å². The van der Waals surface area contributed by atoms with Crippen molar-refractivity contribution in [3.8, 4) is 16.9 Å². The van der Waals surface area contributed by atoms with E-state index in [2.05, 4.69) is 29.1 Å². The number of nitrogens with one attached hydrogen (secondary N) is 1. The molecule has 4 rings (SSSR count). The second-order valence-electron chi connectivity index (χ2n) is 9.76. The smallest absolute Gasteiger partial charge is 0.255 e. The second-order valence-corrected chi connectivity index (χ2v) is 9.76. The molecule has 1 amide bonds. The van der Waals surface area contributed by atoms with Crippen LogP contribution in [0, 0.1) is 6.92 Å². The lowest BCUT2D eigenvalue weighted by Gasteiger charge is -2.35. The number of piperazine rings is 1. The first-order valence-electron chi connectivity index (χ1n) is 13.1. The summed E-state index contributed by atoms with van der Waals surface area (Å²) in [5.74, 6) is 0.841. The fourth-order valence-electron chi connectivity index (χ4n) is 4.71. The number of hydrogen-bond donors (Lipinski definition) is 1. The van der Waals surface area contributed by atoms with Crippen molar-refractivity contribution in [3.63, 3.8) is 0 Å². The van der Waals surface area contributed by atoms with E-state index in [1.54, 1.807) is 7.11 Å². The van der Waals surface area contributed by atoms with E-state index in [0.717, 1.165) is 78.4 Å². The Balaban J connectivity index is 1.47. The zero-order valence-electron chi connectivity index (χ0n) is 22.3. The monoisotopic (exact) mass is 499 g/mol. The number of nitrogens with zero attached hydrogens (tertiary/aromatic N) is 2. The van der Waals surface area contributed by atoms with Gasteiger partial charge in [0.1, 0.15) is 5.75 Å². The molecule has 1 heterocycles. The van der Waals surface area contributed by atoms with E-state index in [0.29, 0.717) is 12.0 Å². The average Bonchev–Trinajstić information content (AvgIpc) is 2.92. The number of carbonyl (C=O) groups excluding carboxylic acids is 2. The van der Waals surface area contributed by atoms with Crippen LogP contribution < -0.4 is 15.0 Å². The Hall–Kier alpha value is -3.64. The lowest BCUT2D eigenvalue weighted by atomic mass is 9.96. The van der Waals surface area contributed by atoms with E-state index >= 15 is 0 Å². The Labute approximate surface area is 220 Å². The number of amides is 1. The van der Waals surface area contributed by atoms with Crippen LogP contribution in [0.3, 0.4) is 0 Å². The maximum Gasteiger partial charge on any atom is 0.255 e. The van der Waals surface area contributed by atoms with Gasteiger partial charge < -0.3 is 19.9 Å². The Morgan fingerprint density at radius 2 is 1.62 bits per heavy atom. The maximum atomic E-state index is 13.1. The summed E-state index contributed by atoms with van der Waals surface area (Å²) in [6.07, 6.45) is 2.51. The summed E-state index contributed by atoms with van der Waals surface area (Å²) in [4.78, 5) is 30.0. The van der Waals surface area contributed by atoms with Gasteiger partial charge in [-0.1, -0.05) is 43.7 Å². The molecule has 0 aromatic heterocycles. The number of Topliss-reactive ketones (excluding diaryl/α,β-unsaturated/α-hetero) is 1. The van der Waals surface area contributed by atoms with Crippen molar-refractivity contribution in [1.82, 2.24) is 4.90 Å². The number of aryl methyl sites for hydroxylation is 1. The van der Waals surface area contributed by atoms with Crippen LogP contribution in [0.25, 0.3) is 11.1 Å². The zero-order chi connectivity index (χ0) is 26.4. The Kier molecular flexibility index (Phi) is 8.62. The second kappa shape index (κ2) is 12.1. The Morgan fingerprint density at radius 1 is 0.919 bits per heavy atom. The molecule has 0 radical (unpaired) electrons. The number of carbonyl (C=O) groups is 2. The maximum absolute atomic E-state index is 13.1. The van der Waals surface area contributed by atoms with Gasteiger partial charge in [0.25, 0.3) is 5.91 Å². The number of ether oxygens (including phenoxy) is 1. The molecule has 37 heavy (non-hydrogen) atoms. The molecule has 1 N–H and O–H groups in total. The van der Waals surface area contributed by atoms with Crippen LogP contribution in [0.15, 0.2) is 60.7 Å². The zero-order valence-corrected chi connectivity index (χ0v) is 22.3. The fraction of sp³-hybridized carbons (Fsp3) is 0.355. The predicted octanol–water partition coefficient (Wildman–Crippen LogP) is 6.05. The van der Waals surface area contributed by atoms with Gasteiger partial charge in [-0.25, -0.2) is 0 Å². The molecular weight excluding hydrogens is 462 g/mol. The van der Waals surface area contributed by atoms with E-state index in [-0.39, 0.29) is 11.7 Å². The number of ketones is 1. The minimum absolute atomic E-state index is 0.152. The molecular formula is C31H37N3O3. The van der Waals surface area contributed by atoms with Crippen LogP contribution in [0.2, 0.25) is 0 Å². The molecule has 0 unspecified atom stereocenters. The normalized spacial score (nSPS) is 13.9. The molecule has 0 bridgehead atoms. The molecule has 1 aliphatic rings. The molecule has 3 aromatic rings. The largest absolute Gasteiger partial charge is 0.495 e. The van der Waals surface area contributed by atoms with Crippen molar-refractivity contribution in [2.75, 3.05) is 50.6 Å². The van der Waals surface area contributed by atoms with Gasteiger partial charge in [0.2, 0.25) is 0 Å². The highest BCUT2D eigenvalue weighted by molar-refractivity contribution is 6.05. The molecule has 0 aliphatic carbocycles. The topological polar surface area (TPSA) is 61.9 Å². The molecule has 0 atom stereocenters. The van der Waals surface area contributed by atoms with Gasteiger partial charge in [-0.2, -0.15) is 0 Å². The molecule has 194 valence electrons. The molecule has 6 heteroatoms. The van der Waals surface area contributed by atoms with Gasteiger partial charge >= 0.3 is 0 Å². The summed E-state index contributed by atoms with van der Waals surface area (Å²) in [7, 11) is 3.80. The molecule has 1 saturated heterocycles. The molecule has 0 spiro atoms. The van der Waals surface area contributed by atoms with Gasteiger partial charge in [0.05, 0.1) is 12.8 Å². The van der Waals surface area contributed by atoms with E-state index in [1.807, 2.05) is 67.6 Å². The summed E-state index contributed by atoms with van der Waals surface area (Å²) in [6.45, 7) is 7.90. The molecule has 6 nitrogen and oxygen atoms in total. The number of methoxy groups -OCH3 is 1. The van der Waals surface area contributed by atoms with Crippen molar-refractivity contribution in [3.05, 3.63) is 77.4 Å². The van der Waals surface area contributed by atoms with Gasteiger partial charge in [0.15, 0.2) is 5.78 Å². The Morgan fingerprint density at radius 3 is 2.27 bits per heavy atom. The van der Waals surface area contributed by atoms with Crippen molar-refractivity contribution in [2.24, 2.45) is 0 Å². The van der Waals surface area contributed by atoms with Crippen molar-refractivity contribution in [2.45, 2.75) is 33.1 Å². The van der Waals surface area contributed by atoms with Gasteiger partial charge in [-0.05, 0) is 67.4 Å². The number of unbranched alkanes of at least 4 members (excludes halogenated alkanes) is 1. The van der Waals surface area contributed by atoms with Crippen molar-refractivity contribution >= 4 is 23.1 Å². The molecule has 0 saturated carbocycles. The lowest BCUT2D eigenvalue weighted by Crippen LogP contribution is -2.44. The molecule has 1 aliphatic heterocycles. The number of rotatable bonds is 9. The summed E-state index contributed by atoms with van der Waals surface area (Å²) in [6, 6.07) is 19.3. The third-order valence-corrected chi connectivity index (χ3v) is 7.04. The van der Waals surface area contributed by atoms with Crippen LogP contribution in [0.4, 0.5) is 11.4 Å². The van der Waals surface area contributed by atoms with Crippen molar-refractivity contribution < 1.29 is 14.3 Å². The first-order valence-corrected chi connectivity index (χ1v) is 13.1. The number of benzene rings is 3. The lowest BCUT2D eigenvalue weighted by molar-refractivity contribution is 0.0978. The quantitative estimate of drug-likeness (QED) is 0.363. The molecule has 3 aromatic carbocycles. The minimum atomic E-state index is -0.152. The summed E-state index contributed by atoms with van der Waals surface area (Å²) >= 11 is 0. The van der Waals surface area contributed by atoms with E-state index < -0.39 is 0 Å². The van der Waals surface area contributed by atoms with Crippen molar-refractivity contribution in [1.29, 1.82) is 0 Å². The predicted molar refractivity (Wildman–Crippen MR) is 151 cm³/mol. The summed E-state index contributed by atoms with van der Waals surface area (Å²) in [5, 5.41) is 3.05. The highest BCUT2D eigenvalue weighted by atomic mass is 16.5. The standard InChI is InChI=1S/C31H37N3O3/c1-5-6-7-29(35)24-10-8-23(9-11-24)27-14-12-25(20-22(27)2)31(36)32-26-13-15-30(37-4)28(21-26)34-18-16-33(3)17-19-34/h8-15,20-21H,5-7,16-19H2,1-4H3,(H,32,36). The summed E-state index contributed by atoms with van der Waals surface area (Å²) in [5.41, 5.74) is 6.17. The van der Waals surface area contributed by atoms with Crippen LogP contribution in [0.1, 0.15) is 52.5 Å². The average molecular weight is 500 g/mol. The van der Waals surface area contributed by atoms with Crippen LogP contribution in [-0.2, 0) is 0 Å². The highest BCUT2D eigenvalue weighted by Crippen LogP contribution is 2.32. The third kappa shape index (κ3) is 6.38. The van der Waals surface area contributed by atoms with Gasteiger partial charge in [-0.15, -0.1) is 0 Å². The van der Waals surface area contributed by atoms with E-state index in [1.165, 1.54) is 0 Å². The number of anilines is 2. The minimum Gasteiger partial charge on any atom is -0.495 e. The first-order chi connectivity index (χ1) is 17.9. The van der Waals surface area contributed by atoms with Gasteiger partial charge in [0, 0.05) is 49.4 Å². The number of likely N-dealkylation sites (N-methyl/N-ethyl adjacent to an activating group) is 1. The van der Waals surface area contributed by atoms with Gasteiger partial charge in [-0.3, -0.25) is 9.59 Å². The highest BCUT2D eigenvalue weighted by Gasteiger charge is 2.19. The molecule has 1 fully saturated rings. The van der Waals surface area contributed by atoms with E-state index in [4.69, 9.17) is 4.74 Å². The van der Waals surface area contributed by atoms with Crippen LogP contribution in [0.5, 0.6) is 5.75 Å². The first kappa shape index (κ1) is 26.4. The third-order valence-electron chi connectivity index (χ3n) is 7.04. The SMILES string of the molecule is CCCCC(=O)c1ccc(-c2ccc(C(=O)Nc3ccc(OC)c(N4CCN(C)CC4)c3)cc2C)cc1. The Bertz CT molecular complexity index is 1250. The number of hydrogen-bond acceptors (Lipinski definition) is 5. The fourth-order valence-corrected chi connectivity index (χ4v) is 4.71. The van der Waals surface area contributed by atoms with Crippen LogP contribution in [-0.4, -0.2) is 56.9 Å². The summed E-state index contributed by atoms with van der Waals surface area (Å²) < 4.78 is 5.59. The van der Waals surface area contributed by atoms with Crippen LogP contribution >= 0.6 is 0 Å².